The summed E-state index contributed by atoms with van der Waals surface area (Å²) in [6, 6.07) is -0.847. The van der Waals surface area contributed by atoms with Crippen LogP contribution in [0.15, 0.2) is 12.2 Å². The number of nitrogens with zero attached hydrogens (tertiary/aromatic N) is 1. The van der Waals surface area contributed by atoms with Gasteiger partial charge in [-0.25, -0.2) is 9.59 Å². The Labute approximate surface area is 121 Å². The first-order valence-electron chi connectivity index (χ1n) is 6.06. The molecule has 3 amide bonds. The molecule has 0 aliphatic rings. The molecular formula is C12H18N2O7. The van der Waals surface area contributed by atoms with Crippen LogP contribution < -0.4 is 5.32 Å². The van der Waals surface area contributed by atoms with Gasteiger partial charge in [-0.3, -0.25) is 14.9 Å². The topological polar surface area (TPSA) is 122 Å². The van der Waals surface area contributed by atoms with E-state index in [1.165, 1.54) is 7.11 Å². The van der Waals surface area contributed by atoms with Gasteiger partial charge in [-0.05, 0) is 6.92 Å². The Balaban J connectivity index is 4.59. The summed E-state index contributed by atoms with van der Waals surface area (Å²) in [4.78, 5) is 45.7. The molecule has 0 aliphatic carbocycles. The van der Waals surface area contributed by atoms with Crippen molar-refractivity contribution in [2.24, 2.45) is 0 Å². The van der Waals surface area contributed by atoms with Gasteiger partial charge in [0, 0.05) is 25.8 Å². The van der Waals surface area contributed by atoms with Crippen molar-refractivity contribution in [1.82, 2.24) is 10.2 Å². The molecule has 0 unspecified atom stereocenters. The number of hydrogen-bond donors (Lipinski definition) is 2. The van der Waals surface area contributed by atoms with Crippen LogP contribution >= 0.6 is 0 Å². The molecule has 0 rings (SSSR count). The van der Waals surface area contributed by atoms with Gasteiger partial charge >= 0.3 is 18.0 Å². The van der Waals surface area contributed by atoms with Crippen LogP contribution in [0.4, 0.5) is 4.79 Å². The van der Waals surface area contributed by atoms with Gasteiger partial charge in [0.05, 0.1) is 13.2 Å². The molecule has 0 aromatic heterocycles. The third kappa shape index (κ3) is 9.16. The Morgan fingerprint density at radius 1 is 1.24 bits per heavy atom. The Morgan fingerprint density at radius 3 is 2.43 bits per heavy atom. The van der Waals surface area contributed by atoms with Gasteiger partial charge in [-0.2, -0.15) is 0 Å². The van der Waals surface area contributed by atoms with Gasteiger partial charge in [0.1, 0.15) is 6.54 Å². The van der Waals surface area contributed by atoms with Crippen molar-refractivity contribution in [1.29, 1.82) is 0 Å². The quantitative estimate of drug-likeness (QED) is 0.452. The maximum Gasteiger partial charge on any atom is 0.328 e. The van der Waals surface area contributed by atoms with Crippen molar-refractivity contribution in [2.45, 2.75) is 6.92 Å². The number of esters is 1. The van der Waals surface area contributed by atoms with Gasteiger partial charge in [-0.15, -0.1) is 0 Å². The van der Waals surface area contributed by atoms with E-state index in [0.717, 1.165) is 4.90 Å². The highest BCUT2D eigenvalue weighted by Gasteiger charge is 2.19. The largest absolute Gasteiger partial charge is 0.478 e. The minimum Gasteiger partial charge on any atom is -0.478 e. The highest BCUT2D eigenvalue weighted by molar-refractivity contribution is 6.03. The number of imide groups is 1. The minimum absolute atomic E-state index is 0.0665. The molecule has 0 aromatic rings. The SMILES string of the molecule is CCOC(=O)CN(CCOC)C(=O)NC(=O)C=CC(=O)O. The number of carbonyl (C=O) groups is 4. The fourth-order valence-corrected chi connectivity index (χ4v) is 1.19. The normalized spacial score (nSPS) is 10.2. The zero-order valence-corrected chi connectivity index (χ0v) is 11.8. The third-order valence-electron chi connectivity index (χ3n) is 2.09. The smallest absolute Gasteiger partial charge is 0.328 e. The summed E-state index contributed by atoms with van der Waals surface area (Å²) in [5.74, 6) is -2.86. The fourth-order valence-electron chi connectivity index (χ4n) is 1.19. The molecule has 0 aromatic carbocycles. The molecule has 0 heterocycles. The summed E-state index contributed by atoms with van der Waals surface area (Å²) >= 11 is 0. The van der Waals surface area contributed by atoms with E-state index in [0.29, 0.717) is 12.2 Å². The van der Waals surface area contributed by atoms with E-state index >= 15 is 0 Å². The molecule has 0 radical (unpaired) electrons. The van der Waals surface area contributed by atoms with E-state index < -0.39 is 23.9 Å². The van der Waals surface area contributed by atoms with Gasteiger partial charge in [0.25, 0.3) is 5.91 Å². The number of urea groups is 1. The van der Waals surface area contributed by atoms with Gasteiger partial charge in [0.2, 0.25) is 0 Å². The zero-order chi connectivity index (χ0) is 16.3. The number of methoxy groups -OCH3 is 1. The van der Waals surface area contributed by atoms with Crippen molar-refractivity contribution in [3.63, 3.8) is 0 Å². The number of carbonyl (C=O) groups excluding carboxylic acids is 3. The number of amides is 3. The van der Waals surface area contributed by atoms with Gasteiger partial charge in [-0.1, -0.05) is 0 Å². The lowest BCUT2D eigenvalue weighted by atomic mass is 10.4. The van der Waals surface area contributed by atoms with Crippen LogP contribution in [0.2, 0.25) is 0 Å². The number of nitrogens with one attached hydrogen (secondary N) is 1. The Kier molecular flexibility index (Phi) is 9.18. The molecule has 0 aliphatic heterocycles. The number of carboxylic acid groups (broad SMARTS) is 1. The molecule has 0 saturated heterocycles. The molecular weight excluding hydrogens is 284 g/mol. The molecule has 9 nitrogen and oxygen atoms in total. The monoisotopic (exact) mass is 302 g/mol. The van der Waals surface area contributed by atoms with Crippen LogP contribution in [0.5, 0.6) is 0 Å². The average Bonchev–Trinajstić information content (AvgIpc) is 2.41. The van der Waals surface area contributed by atoms with Crippen LogP contribution in [-0.4, -0.2) is 67.3 Å². The van der Waals surface area contributed by atoms with Crippen LogP contribution in [0.3, 0.4) is 0 Å². The van der Waals surface area contributed by atoms with Crippen LogP contribution in [0, 0.1) is 0 Å². The summed E-state index contributed by atoms with van der Waals surface area (Å²) in [6.45, 7) is 1.67. The number of hydrogen-bond acceptors (Lipinski definition) is 6. The van der Waals surface area contributed by atoms with Crippen LogP contribution in [-0.2, 0) is 23.9 Å². The van der Waals surface area contributed by atoms with E-state index in [1.807, 2.05) is 5.32 Å². The average molecular weight is 302 g/mol. The second-order valence-corrected chi connectivity index (χ2v) is 3.69. The Morgan fingerprint density at radius 2 is 1.90 bits per heavy atom. The van der Waals surface area contributed by atoms with E-state index in [4.69, 9.17) is 14.6 Å². The molecule has 9 heteroatoms. The minimum atomic E-state index is -1.32. The van der Waals surface area contributed by atoms with Gasteiger partial charge < -0.3 is 19.5 Å². The van der Waals surface area contributed by atoms with Crippen molar-refractivity contribution in [2.75, 3.05) is 33.4 Å². The molecule has 118 valence electrons. The highest BCUT2D eigenvalue weighted by atomic mass is 16.5. The lowest BCUT2D eigenvalue weighted by Gasteiger charge is -2.20. The second-order valence-electron chi connectivity index (χ2n) is 3.69. The first-order chi connectivity index (χ1) is 9.90. The van der Waals surface area contributed by atoms with E-state index in [9.17, 15) is 19.2 Å². The highest BCUT2D eigenvalue weighted by Crippen LogP contribution is 1.93. The van der Waals surface area contributed by atoms with Crippen molar-refractivity contribution in [3.8, 4) is 0 Å². The Hall–Kier alpha value is -2.42. The van der Waals surface area contributed by atoms with Gasteiger partial charge in [0.15, 0.2) is 0 Å². The maximum absolute atomic E-state index is 11.8. The molecule has 0 atom stereocenters. The summed E-state index contributed by atoms with van der Waals surface area (Å²) in [5, 5.41) is 10.3. The molecule has 21 heavy (non-hydrogen) atoms. The molecule has 0 fully saturated rings. The predicted molar refractivity (Wildman–Crippen MR) is 70.4 cm³/mol. The van der Waals surface area contributed by atoms with E-state index in [-0.39, 0.29) is 26.3 Å². The summed E-state index contributed by atoms with van der Waals surface area (Å²) < 4.78 is 9.51. The Bertz CT molecular complexity index is 420. The lowest BCUT2D eigenvalue weighted by molar-refractivity contribution is -0.144. The lowest BCUT2D eigenvalue weighted by Crippen LogP contribution is -2.46. The molecule has 2 N–H and O–H groups in total. The molecule has 0 bridgehead atoms. The summed E-state index contributed by atoms with van der Waals surface area (Å²) in [7, 11) is 1.42. The number of ether oxygens (including phenoxy) is 2. The third-order valence-corrected chi connectivity index (χ3v) is 2.09. The second kappa shape index (κ2) is 10.4. The number of rotatable bonds is 8. The first-order valence-corrected chi connectivity index (χ1v) is 6.06. The van der Waals surface area contributed by atoms with Crippen LogP contribution in [0.1, 0.15) is 6.92 Å². The van der Waals surface area contributed by atoms with Crippen molar-refractivity contribution < 1.29 is 33.8 Å². The maximum atomic E-state index is 11.8. The molecule has 0 saturated carbocycles. The van der Waals surface area contributed by atoms with E-state index in [2.05, 4.69) is 0 Å². The zero-order valence-electron chi connectivity index (χ0n) is 11.8. The summed E-state index contributed by atoms with van der Waals surface area (Å²) in [6.07, 6.45) is 1.28. The number of carboxylic acids is 1. The van der Waals surface area contributed by atoms with Crippen LogP contribution in [0.25, 0.3) is 0 Å². The number of aliphatic carboxylic acids is 1. The fraction of sp³-hybridized carbons (Fsp3) is 0.500. The standard InChI is InChI=1S/C12H18N2O7/c1-3-21-11(18)8-14(6-7-20-2)12(19)13-9(15)4-5-10(16)17/h4-5H,3,6-8H2,1-2H3,(H,16,17)(H,13,15,19). The first kappa shape index (κ1) is 18.6. The van der Waals surface area contributed by atoms with Crippen molar-refractivity contribution in [3.05, 3.63) is 12.2 Å². The molecule has 0 spiro atoms. The van der Waals surface area contributed by atoms with E-state index in [1.54, 1.807) is 6.92 Å². The summed E-state index contributed by atoms with van der Waals surface area (Å²) in [5.41, 5.74) is 0. The van der Waals surface area contributed by atoms with Crippen molar-refractivity contribution >= 4 is 23.9 Å². The predicted octanol–water partition coefficient (Wildman–Crippen LogP) is -0.625.